The fourth-order valence-electron chi connectivity index (χ4n) is 4.26. The SMILES string of the molecule is CCCC(CNC(C)(C)C)CC1CC2CCC1C2. The molecule has 0 spiro atoms. The van der Waals surface area contributed by atoms with Crippen LogP contribution < -0.4 is 5.32 Å². The highest BCUT2D eigenvalue weighted by molar-refractivity contribution is 4.91. The molecule has 106 valence electrons. The van der Waals surface area contributed by atoms with Gasteiger partial charge in [0.25, 0.3) is 0 Å². The molecule has 0 aromatic carbocycles. The molecule has 1 N–H and O–H groups in total. The van der Waals surface area contributed by atoms with Crippen LogP contribution in [0.15, 0.2) is 0 Å². The van der Waals surface area contributed by atoms with Gasteiger partial charge < -0.3 is 5.32 Å². The van der Waals surface area contributed by atoms with Crippen LogP contribution in [0.5, 0.6) is 0 Å². The van der Waals surface area contributed by atoms with Crippen LogP contribution in [0.1, 0.15) is 72.6 Å². The first-order valence-electron chi connectivity index (χ1n) is 8.23. The zero-order valence-electron chi connectivity index (χ0n) is 13.0. The minimum absolute atomic E-state index is 0.278. The molecule has 2 bridgehead atoms. The van der Waals surface area contributed by atoms with Gasteiger partial charge in [-0.15, -0.1) is 0 Å². The lowest BCUT2D eigenvalue weighted by atomic mass is 9.81. The molecule has 2 aliphatic carbocycles. The van der Waals surface area contributed by atoms with E-state index in [1.54, 1.807) is 25.7 Å². The quantitative estimate of drug-likeness (QED) is 0.726. The topological polar surface area (TPSA) is 12.0 Å². The summed E-state index contributed by atoms with van der Waals surface area (Å²) in [5.41, 5.74) is 0.278. The first-order valence-corrected chi connectivity index (χ1v) is 8.23. The molecule has 4 unspecified atom stereocenters. The Labute approximate surface area is 114 Å². The van der Waals surface area contributed by atoms with E-state index < -0.39 is 0 Å². The molecule has 1 heteroatoms. The van der Waals surface area contributed by atoms with Crippen molar-refractivity contribution in [3.63, 3.8) is 0 Å². The van der Waals surface area contributed by atoms with Crippen molar-refractivity contribution in [2.24, 2.45) is 23.7 Å². The van der Waals surface area contributed by atoms with Gasteiger partial charge in [0.15, 0.2) is 0 Å². The fourth-order valence-corrected chi connectivity index (χ4v) is 4.26. The number of hydrogen-bond donors (Lipinski definition) is 1. The highest BCUT2D eigenvalue weighted by atomic mass is 14.9. The average molecular weight is 251 g/mol. The van der Waals surface area contributed by atoms with Crippen molar-refractivity contribution in [3.05, 3.63) is 0 Å². The van der Waals surface area contributed by atoms with Crippen molar-refractivity contribution < 1.29 is 0 Å². The monoisotopic (exact) mass is 251 g/mol. The van der Waals surface area contributed by atoms with Gasteiger partial charge >= 0.3 is 0 Å². The highest BCUT2D eigenvalue weighted by Crippen LogP contribution is 2.50. The van der Waals surface area contributed by atoms with Gasteiger partial charge in [0.2, 0.25) is 0 Å². The van der Waals surface area contributed by atoms with E-state index in [9.17, 15) is 0 Å². The molecule has 2 saturated carbocycles. The molecule has 0 saturated heterocycles. The summed E-state index contributed by atoms with van der Waals surface area (Å²) in [5, 5.41) is 3.72. The number of nitrogens with one attached hydrogen (secondary N) is 1. The first kappa shape index (κ1) is 14.4. The maximum Gasteiger partial charge on any atom is 0.00966 e. The van der Waals surface area contributed by atoms with E-state index >= 15 is 0 Å². The second kappa shape index (κ2) is 5.94. The van der Waals surface area contributed by atoms with Crippen molar-refractivity contribution in [1.82, 2.24) is 5.32 Å². The van der Waals surface area contributed by atoms with Crippen molar-refractivity contribution in [2.75, 3.05) is 6.54 Å². The van der Waals surface area contributed by atoms with Crippen molar-refractivity contribution in [3.8, 4) is 0 Å². The molecule has 0 radical (unpaired) electrons. The number of fused-ring (bicyclic) bond motifs is 2. The Hall–Kier alpha value is -0.0400. The highest BCUT2D eigenvalue weighted by Gasteiger charge is 2.39. The Kier molecular flexibility index (Phi) is 4.75. The summed E-state index contributed by atoms with van der Waals surface area (Å²) in [6.45, 7) is 10.4. The standard InChI is InChI=1S/C17H33N/c1-5-6-14(12-18-17(2,3)4)11-16-10-13-7-8-15(16)9-13/h13-16,18H,5-12H2,1-4H3. The zero-order valence-corrected chi connectivity index (χ0v) is 13.0. The minimum atomic E-state index is 0.278. The molecule has 1 nitrogen and oxygen atoms in total. The van der Waals surface area contributed by atoms with E-state index in [0.29, 0.717) is 0 Å². The van der Waals surface area contributed by atoms with Gasteiger partial charge in [-0.05, 0) is 83.1 Å². The molecule has 18 heavy (non-hydrogen) atoms. The molecule has 0 aliphatic heterocycles. The third kappa shape index (κ3) is 3.98. The van der Waals surface area contributed by atoms with Gasteiger partial charge in [-0.3, -0.25) is 0 Å². The fraction of sp³-hybridized carbons (Fsp3) is 1.00. The normalized spacial score (nSPS) is 33.0. The average Bonchev–Trinajstić information content (AvgIpc) is 2.87. The maximum atomic E-state index is 3.72. The molecule has 2 rings (SSSR count). The van der Waals surface area contributed by atoms with E-state index in [1.807, 2.05) is 0 Å². The number of rotatable bonds is 6. The molecule has 0 aromatic heterocycles. The van der Waals surface area contributed by atoms with Crippen LogP contribution in [0.25, 0.3) is 0 Å². The van der Waals surface area contributed by atoms with Gasteiger partial charge in [0.05, 0.1) is 0 Å². The van der Waals surface area contributed by atoms with Crippen LogP contribution in [-0.4, -0.2) is 12.1 Å². The van der Waals surface area contributed by atoms with Gasteiger partial charge in [-0.2, -0.15) is 0 Å². The second-order valence-electron chi connectivity index (χ2n) is 7.96. The van der Waals surface area contributed by atoms with E-state index in [2.05, 4.69) is 33.0 Å². The predicted octanol–water partition coefficient (Wildman–Crippen LogP) is 4.62. The Morgan fingerprint density at radius 2 is 1.94 bits per heavy atom. The lowest BCUT2D eigenvalue weighted by Gasteiger charge is -2.29. The summed E-state index contributed by atoms with van der Waals surface area (Å²) < 4.78 is 0. The van der Waals surface area contributed by atoms with Gasteiger partial charge in [0, 0.05) is 5.54 Å². The summed E-state index contributed by atoms with van der Waals surface area (Å²) in [7, 11) is 0. The third-order valence-electron chi connectivity index (χ3n) is 5.14. The minimum Gasteiger partial charge on any atom is -0.312 e. The number of hydrogen-bond acceptors (Lipinski definition) is 1. The molecule has 0 aromatic rings. The Morgan fingerprint density at radius 1 is 1.17 bits per heavy atom. The second-order valence-corrected chi connectivity index (χ2v) is 7.96. The van der Waals surface area contributed by atoms with E-state index in [0.717, 1.165) is 23.7 Å². The Bertz CT molecular complexity index is 253. The van der Waals surface area contributed by atoms with Gasteiger partial charge in [-0.25, -0.2) is 0 Å². The summed E-state index contributed by atoms with van der Waals surface area (Å²) in [4.78, 5) is 0. The summed E-state index contributed by atoms with van der Waals surface area (Å²) in [5.74, 6) is 4.20. The van der Waals surface area contributed by atoms with Gasteiger partial charge in [-0.1, -0.05) is 19.8 Å². The Morgan fingerprint density at radius 3 is 2.44 bits per heavy atom. The lowest BCUT2D eigenvalue weighted by molar-refractivity contribution is 0.243. The van der Waals surface area contributed by atoms with Crippen molar-refractivity contribution in [2.45, 2.75) is 78.2 Å². The van der Waals surface area contributed by atoms with E-state index in [1.165, 1.54) is 25.8 Å². The smallest absolute Gasteiger partial charge is 0.00966 e. The van der Waals surface area contributed by atoms with Gasteiger partial charge in [0.1, 0.15) is 0 Å². The predicted molar refractivity (Wildman–Crippen MR) is 79.7 cm³/mol. The molecular formula is C17H33N. The lowest BCUT2D eigenvalue weighted by Crippen LogP contribution is -2.39. The first-order chi connectivity index (χ1) is 8.48. The van der Waals surface area contributed by atoms with Crippen molar-refractivity contribution in [1.29, 1.82) is 0 Å². The zero-order chi connectivity index (χ0) is 13.2. The summed E-state index contributed by atoms with van der Waals surface area (Å²) >= 11 is 0. The van der Waals surface area contributed by atoms with Crippen molar-refractivity contribution >= 4 is 0 Å². The maximum absolute atomic E-state index is 3.72. The largest absolute Gasteiger partial charge is 0.312 e. The summed E-state index contributed by atoms with van der Waals surface area (Å²) in [6.07, 6.45) is 10.5. The van der Waals surface area contributed by atoms with Crippen LogP contribution in [0.2, 0.25) is 0 Å². The van der Waals surface area contributed by atoms with E-state index in [-0.39, 0.29) is 5.54 Å². The molecule has 0 heterocycles. The van der Waals surface area contributed by atoms with Crippen LogP contribution >= 0.6 is 0 Å². The van der Waals surface area contributed by atoms with Crippen LogP contribution in [0, 0.1) is 23.7 Å². The summed E-state index contributed by atoms with van der Waals surface area (Å²) in [6, 6.07) is 0. The van der Waals surface area contributed by atoms with E-state index in [4.69, 9.17) is 0 Å². The van der Waals surface area contributed by atoms with Crippen LogP contribution in [0.4, 0.5) is 0 Å². The van der Waals surface area contributed by atoms with Crippen LogP contribution in [0.3, 0.4) is 0 Å². The Balaban J connectivity index is 1.79. The molecule has 4 atom stereocenters. The van der Waals surface area contributed by atoms with Crippen LogP contribution in [-0.2, 0) is 0 Å². The molecular weight excluding hydrogens is 218 g/mol. The third-order valence-corrected chi connectivity index (χ3v) is 5.14. The molecule has 2 aliphatic rings. The molecule has 2 fully saturated rings. The molecule has 0 amide bonds.